The molecule has 0 spiro atoms. The predicted octanol–water partition coefficient (Wildman–Crippen LogP) is -0.857. The lowest BCUT2D eigenvalue weighted by Gasteiger charge is -2.39. The number of nitrogens with one attached hydrogen (secondary N) is 3. The normalized spacial score (nSPS) is 30.5. The third kappa shape index (κ3) is 4.81. The summed E-state index contributed by atoms with van der Waals surface area (Å²) in [5.41, 5.74) is 4.86. The van der Waals surface area contributed by atoms with Crippen LogP contribution in [0.3, 0.4) is 0 Å². The van der Waals surface area contributed by atoms with E-state index >= 15 is 0 Å². The van der Waals surface area contributed by atoms with Crippen LogP contribution in [-0.2, 0) is 28.7 Å². The smallest absolute Gasteiger partial charge is 0.246 e. The fraction of sp³-hybridized carbons (Fsp3) is 0.800. The summed E-state index contributed by atoms with van der Waals surface area (Å²) in [5.74, 6) is -2.47. The number of rotatable bonds is 8. The summed E-state index contributed by atoms with van der Waals surface area (Å²) in [7, 11) is 0. The maximum atomic E-state index is 13.8. The summed E-state index contributed by atoms with van der Waals surface area (Å²) >= 11 is 0. The minimum atomic E-state index is -1.01. The van der Waals surface area contributed by atoms with E-state index in [0.717, 1.165) is 0 Å². The molecule has 5 N–H and O–H groups in total. The molecule has 200 valence electrons. The van der Waals surface area contributed by atoms with E-state index in [4.69, 9.17) is 10.5 Å². The molecule has 5 amide bonds. The summed E-state index contributed by atoms with van der Waals surface area (Å²) in [4.78, 5) is 65.9. The van der Waals surface area contributed by atoms with Crippen molar-refractivity contribution in [1.29, 1.82) is 0 Å². The highest BCUT2D eigenvalue weighted by Crippen LogP contribution is 2.65. The van der Waals surface area contributed by atoms with Crippen molar-refractivity contribution in [2.45, 2.75) is 65.6 Å². The molecule has 4 fully saturated rings. The molecule has 1 aliphatic carbocycles. The molecule has 1 saturated carbocycles. The van der Waals surface area contributed by atoms with Crippen LogP contribution in [0.5, 0.6) is 0 Å². The maximum absolute atomic E-state index is 13.8. The lowest BCUT2D eigenvalue weighted by Crippen LogP contribution is -2.61. The first-order valence-corrected chi connectivity index (χ1v) is 12.8. The van der Waals surface area contributed by atoms with Crippen molar-refractivity contribution in [3.05, 3.63) is 0 Å². The fourth-order valence-corrected chi connectivity index (χ4v) is 5.93. The number of piperidine rings is 1. The molecule has 3 saturated heterocycles. The lowest BCUT2D eigenvalue weighted by atomic mass is 9.84. The summed E-state index contributed by atoms with van der Waals surface area (Å²) in [6, 6.07) is -2.62. The Kier molecular flexibility index (Phi) is 6.83. The first kappa shape index (κ1) is 26.4. The number of likely N-dealkylation sites (tertiary alicyclic amines) is 1. The quantitative estimate of drug-likeness (QED) is 0.336. The molecule has 0 unspecified atom stereocenters. The first-order valence-electron chi connectivity index (χ1n) is 12.8. The molecule has 0 aromatic rings. The summed E-state index contributed by atoms with van der Waals surface area (Å²) < 4.78 is 5.11. The van der Waals surface area contributed by atoms with E-state index in [1.54, 1.807) is 4.90 Å². The second-order valence-electron chi connectivity index (χ2n) is 12.4. The summed E-state index contributed by atoms with van der Waals surface area (Å²) in [6.07, 6.45) is 0.693. The van der Waals surface area contributed by atoms with E-state index in [1.165, 1.54) is 0 Å². The van der Waals surface area contributed by atoms with Crippen molar-refractivity contribution in [3.8, 4) is 0 Å². The number of primary amides is 1. The fourth-order valence-electron chi connectivity index (χ4n) is 5.93. The SMILES string of the molecule is CC(C)(C)[C@H](NC(=O)C1COC1)C(=O)N1C[C@H]2[C@@H]([C@H]1C(=O)N[C@@H](C[C@@H]1CCNC1=O)C(N)=O)C2(C)C. The molecular formula is C25H39N5O6. The maximum Gasteiger partial charge on any atom is 0.246 e. The van der Waals surface area contributed by atoms with E-state index in [1.807, 2.05) is 20.8 Å². The number of carbonyl (C=O) groups is 5. The van der Waals surface area contributed by atoms with Crippen LogP contribution < -0.4 is 21.7 Å². The number of hydrogen-bond donors (Lipinski definition) is 4. The van der Waals surface area contributed by atoms with Crippen LogP contribution in [0.15, 0.2) is 0 Å². The largest absolute Gasteiger partial charge is 0.380 e. The molecule has 11 nitrogen and oxygen atoms in total. The van der Waals surface area contributed by atoms with Gasteiger partial charge in [-0.15, -0.1) is 0 Å². The van der Waals surface area contributed by atoms with Gasteiger partial charge in [-0.2, -0.15) is 0 Å². The monoisotopic (exact) mass is 505 g/mol. The van der Waals surface area contributed by atoms with E-state index < -0.39 is 41.3 Å². The molecule has 3 heterocycles. The van der Waals surface area contributed by atoms with Gasteiger partial charge in [-0.3, -0.25) is 24.0 Å². The van der Waals surface area contributed by atoms with Crippen molar-refractivity contribution >= 4 is 29.5 Å². The molecule has 0 bridgehead atoms. The molecule has 4 aliphatic rings. The van der Waals surface area contributed by atoms with E-state index in [2.05, 4.69) is 29.8 Å². The number of carbonyl (C=O) groups excluding carboxylic acids is 5. The van der Waals surface area contributed by atoms with Gasteiger partial charge in [-0.25, -0.2) is 0 Å². The van der Waals surface area contributed by atoms with Gasteiger partial charge in [-0.05, 0) is 35.5 Å². The van der Waals surface area contributed by atoms with Crippen LogP contribution in [0.4, 0.5) is 0 Å². The number of fused-ring (bicyclic) bond motifs is 1. The van der Waals surface area contributed by atoms with Crippen LogP contribution >= 0.6 is 0 Å². The second kappa shape index (κ2) is 9.32. The van der Waals surface area contributed by atoms with Gasteiger partial charge in [0.1, 0.15) is 18.1 Å². The lowest BCUT2D eigenvalue weighted by molar-refractivity contribution is -0.149. The average molecular weight is 506 g/mol. The van der Waals surface area contributed by atoms with Gasteiger partial charge >= 0.3 is 0 Å². The molecule has 6 atom stereocenters. The summed E-state index contributed by atoms with van der Waals surface area (Å²) in [6.45, 7) is 11.3. The Morgan fingerprint density at radius 3 is 2.33 bits per heavy atom. The van der Waals surface area contributed by atoms with Crippen molar-refractivity contribution in [2.24, 2.45) is 40.2 Å². The number of nitrogens with zero attached hydrogens (tertiary/aromatic N) is 1. The van der Waals surface area contributed by atoms with Crippen LogP contribution in [0.1, 0.15) is 47.5 Å². The van der Waals surface area contributed by atoms with Gasteiger partial charge in [-0.1, -0.05) is 34.6 Å². The highest BCUT2D eigenvalue weighted by Gasteiger charge is 2.70. The van der Waals surface area contributed by atoms with Crippen LogP contribution in [0.2, 0.25) is 0 Å². The Balaban J connectivity index is 1.52. The van der Waals surface area contributed by atoms with Gasteiger partial charge in [0, 0.05) is 19.0 Å². The highest BCUT2D eigenvalue weighted by atomic mass is 16.5. The number of hydrogen-bond acceptors (Lipinski definition) is 6. The zero-order valence-corrected chi connectivity index (χ0v) is 21.8. The van der Waals surface area contributed by atoms with Crippen LogP contribution in [-0.4, -0.2) is 78.9 Å². The number of amides is 5. The van der Waals surface area contributed by atoms with Crippen molar-refractivity contribution in [1.82, 2.24) is 20.9 Å². The van der Waals surface area contributed by atoms with E-state index in [9.17, 15) is 24.0 Å². The average Bonchev–Trinajstić information content (AvgIpc) is 3.08. The minimum Gasteiger partial charge on any atom is -0.380 e. The van der Waals surface area contributed by atoms with Gasteiger partial charge in [0.15, 0.2) is 0 Å². The Hall–Kier alpha value is -2.69. The standard InChI is InChI=1S/C25H39N5O6/c1-24(2,3)18(29-21(33)13-10-36-11-13)23(35)30-9-14-16(25(14,4)5)17(30)22(34)28-15(19(26)31)8-12-6-7-27-20(12)32/h12-18H,6-11H2,1-5H3,(H2,26,31)(H,27,32)(H,28,34)(H,29,33)/t12-,14-,15-,16-,17-,18+/m0/s1. The van der Waals surface area contributed by atoms with Crippen molar-refractivity contribution < 1.29 is 28.7 Å². The Morgan fingerprint density at radius 2 is 1.83 bits per heavy atom. The molecule has 4 rings (SSSR count). The van der Waals surface area contributed by atoms with Crippen molar-refractivity contribution in [2.75, 3.05) is 26.3 Å². The van der Waals surface area contributed by atoms with Gasteiger partial charge in [0.25, 0.3) is 0 Å². The van der Waals surface area contributed by atoms with Gasteiger partial charge < -0.3 is 31.3 Å². The molecule has 3 aliphatic heterocycles. The Labute approximate surface area is 211 Å². The molecule has 0 aromatic heterocycles. The van der Waals surface area contributed by atoms with Gasteiger partial charge in [0.05, 0.1) is 19.1 Å². The molecule has 36 heavy (non-hydrogen) atoms. The highest BCUT2D eigenvalue weighted by molar-refractivity contribution is 5.96. The van der Waals surface area contributed by atoms with E-state index in [-0.39, 0.29) is 47.3 Å². The molecule has 0 radical (unpaired) electrons. The van der Waals surface area contributed by atoms with Crippen molar-refractivity contribution in [3.63, 3.8) is 0 Å². The first-order chi connectivity index (χ1) is 16.7. The zero-order chi connectivity index (χ0) is 26.6. The Bertz CT molecular complexity index is 955. The third-order valence-corrected chi connectivity index (χ3v) is 8.51. The van der Waals surface area contributed by atoms with Crippen LogP contribution in [0, 0.1) is 34.5 Å². The molecule has 11 heteroatoms. The van der Waals surface area contributed by atoms with Crippen LogP contribution in [0.25, 0.3) is 0 Å². The topological polar surface area (TPSA) is 160 Å². The summed E-state index contributed by atoms with van der Waals surface area (Å²) in [5, 5.41) is 8.37. The zero-order valence-electron chi connectivity index (χ0n) is 21.8. The van der Waals surface area contributed by atoms with Gasteiger partial charge in [0.2, 0.25) is 29.5 Å². The second-order valence-corrected chi connectivity index (χ2v) is 12.4. The molecule has 0 aromatic carbocycles. The Morgan fingerprint density at radius 1 is 1.17 bits per heavy atom. The third-order valence-electron chi connectivity index (χ3n) is 8.51. The minimum absolute atomic E-state index is 0.0684. The van der Waals surface area contributed by atoms with E-state index in [0.29, 0.717) is 32.7 Å². The number of nitrogens with two attached hydrogens (primary N) is 1. The molecular weight excluding hydrogens is 466 g/mol. The number of ether oxygens (including phenoxy) is 1. The predicted molar refractivity (Wildman–Crippen MR) is 129 cm³/mol.